The van der Waals surface area contributed by atoms with Crippen molar-refractivity contribution >= 4 is 18.7 Å². The predicted molar refractivity (Wildman–Crippen MR) is 77.2 cm³/mol. The Morgan fingerprint density at radius 2 is 1.85 bits per heavy atom. The molecule has 0 unspecified atom stereocenters. The van der Waals surface area contributed by atoms with Gasteiger partial charge in [0.15, 0.2) is 0 Å². The fourth-order valence-corrected chi connectivity index (χ4v) is 1.74. The summed E-state index contributed by atoms with van der Waals surface area (Å²) >= 11 is 0. The van der Waals surface area contributed by atoms with Gasteiger partial charge in [0.1, 0.15) is 18.2 Å². The lowest BCUT2D eigenvalue weighted by Gasteiger charge is -2.09. The third kappa shape index (κ3) is 3.95. The molecule has 2 aromatic carbocycles. The van der Waals surface area contributed by atoms with Gasteiger partial charge in [0, 0.05) is 5.46 Å². The molecule has 2 N–H and O–H groups in total. The van der Waals surface area contributed by atoms with E-state index in [1.54, 1.807) is 6.08 Å². The molecule has 0 saturated carbocycles. The maximum atomic E-state index is 13.0. The van der Waals surface area contributed by atoms with Crippen LogP contribution < -0.4 is 10.2 Å². The van der Waals surface area contributed by atoms with Crippen LogP contribution in [0, 0.1) is 5.82 Å². The van der Waals surface area contributed by atoms with Crippen LogP contribution in [0.25, 0.3) is 6.08 Å². The van der Waals surface area contributed by atoms with Crippen LogP contribution in [0.1, 0.15) is 5.56 Å². The van der Waals surface area contributed by atoms with Crippen molar-refractivity contribution in [3.05, 3.63) is 66.0 Å². The minimum absolute atomic E-state index is 0.0121. The molecule has 0 atom stereocenters. The van der Waals surface area contributed by atoms with Gasteiger partial charge in [-0.15, -0.1) is 0 Å². The summed E-state index contributed by atoms with van der Waals surface area (Å²) in [5, 5.41) is 18.3. The van der Waals surface area contributed by atoms with Crippen molar-refractivity contribution in [2.75, 3.05) is 6.61 Å². The topological polar surface area (TPSA) is 49.7 Å². The van der Waals surface area contributed by atoms with Crippen LogP contribution >= 0.6 is 0 Å². The van der Waals surface area contributed by atoms with Gasteiger partial charge < -0.3 is 14.8 Å². The van der Waals surface area contributed by atoms with Crippen molar-refractivity contribution in [3.8, 4) is 5.75 Å². The van der Waals surface area contributed by atoms with Gasteiger partial charge in [0.2, 0.25) is 0 Å². The number of hydrogen-bond donors (Lipinski definition) is 2. The highest BCUT2D eigenvalue weighted by molar-refractivity contribution is 6.59. The molecule has 0 spiro atoms. The summed E-state index contributed by atoms with van der Waals surface area (Å²) in [7, 11) is -1.76. The predicted octanol–water partition coefficient (Wildman–Crippen LogP) is 1.60. The Hall–Kier alpha value is -2.11. The molecule has 3 nitrogen and oxygen atoms in total. The first-order chi connectivity index (χ1) is 9.66. The zero-order valence-electron chi connectivity index (χ0n) is 10.7. The Morgan fingerprint density at radius 1 is 1.10 bits per heavy atom. The highest BCUT2D eigenvalue weighted by atomic mass is 19.1. The molecule has 0 radical (unpaired) electrons. The van der Waals surface area contributed by atoms with Crippen LogP contribution in [-0.2, 0) is 0 Å². The average molecular weight is 272 g/mol. The maximum absolute atomic E-state index is 13.0. The number of rotatable bonds is 5. The second-order valence-electron chi connectivity index (χ2n) is 4.18. The summed E-state index contributed by atoms with van der Waals surface area (Å²) < 4.78 is 18.4. The molecule has 5 heteroatoms. The number of halogens is 1. The van der Waals surface area contributed by atoms with E-state index in [0.717, 1.165) is 11.6 Å². The lowest BCUT2D eigenvalue weighted by atomic mass is 9.79. The van der Waals surface area contributed by atoms with Crippen LogP contribution in [0.5, 0.6) is 5.75 Å². The number of hydrogen-bond acceptors (Lipinski definition) is 3. The van der Waals surface area contributed by atoms with Gasteiger partial charge in [-0.1, -0.05) is 36.4 Å². The summed E-state index contributed by atoms with van der Waals surface area (Å²) in [5.74, 6) is -0.292. The van der Waals surface area contributed by atoms with Gasteiger partial charge in [0.25, 0.3) is 0 Å². The number of benzene rings is 2. The molecule has 2 aromatic rings. The van der Waals surface area contributed by atoms with Crippen LogP contribution in [0.2, 0.25) is 0 Å². The van der Waals surface area contributed by atoms with Crippen LogP contribution in [-0.4, -0.2) is 23.8 Å². The van der Waals surface area contributed by atoms with E-state index in [2.05, 4.69) is 0 Å². The molecule has 0 saturated heterocycles. The Labute approximate surface area is 117 Å². The molecular weight excluding hydrogens is 258 g/mol. The fraction of sp³-hybridized carbons (Fsp3) is 0.0667. The molecule has 0 fully saturated rings. The molecule has 0 heterocycles. The molecule has 0 aliphatic carbocycles. The fourth-order valence-electron chi connectivity index (χ4n) is 1.74. The molecular formula is C15H14BFO3. The molecule has 2 rings (SSSR count). The second kappa shape index (κ2) is 6.89. The van der Waals surface area contributed by atoms with Gasteiger partial charge in [0.05, 0.1) is 0 Å². The second-order valence-corrected chi connectivity index (χ2v) is 4.18. The lowest BCUT2D eigenvalue weighted by Crippen LogP contribution is -2.31. The van der Waals surface area contributed by atoms with E-state index in [9.17, 15) is 4.39 Å². The van der Waals surface area contributed by atoms with E-state index in [0.29, 0.717) is 0 Å². The first-order valence-electron chi connectivity index (χ1n) is 6.17. The standard InChI is InChI=1S/C15H14BFO3/c17-13-8-9-15(14(11-13)16(18)19)20-10-4-7-12-5-2-1-3-6-12/h1-9,11,18-19H,10H2/b7-4+. The quantitative estimate of drug-likeness (QED) is 0.813. The molecule has 102 valence electrons. The van der Waals surface area contributed by atoms with E-state index in [-0.39, 0.29) is 17.8 Å². The first-order valence-corrected chi connectivity index (χ1v) is 6.17. The Bertz CT molecular complexity index is 585. The van der Waals surface area contributed by atoms with E-state index in [1.165, 1.54) is 12.1 Å². The van der Waals surface area contributed by atoms with Crippen molar-refractivity contribution in [1.82, 2.24) is 0 Å². The van der Waals surface area contributed by atoms with E-state index < -0.39 is 12.9 Å². The molecule has 20 heavy (non-hydrogen) atoms. The highest BCUT2D eigenvalue weighted by Crippen LogP contribution is 2.10. The van der Waals surface area contributed by atoms with Crippen molar-refractivity contribution in [3.63, 3.8) is 0 Å². The van der Waals surface area contributed by atoms with Crippen molar-refractivity contribution < 1.29 is 19.2 Å². The third-order valence-corrected chi connectivity index (χ3v) is 2.69. The van der Waals surface area contributed by atoms with E-state index in [1.807, 2.05) is 36.4 Å². The SMILES string of the molecule is OB(O)c1cc(F)ccc1OC/C=C/c1ccccc1. The van der Waals surface area contributed by atoms with Gasteiger partial charge >= 0.3 is 7.12 Å². The van der Waals surface area contributed by atoms with Gasteiger partial charge in [-0.25, -0.2) is 4.39 Å². The zero-order valence-corrected chi connectivity index (χ0v) is 10.7. The van der Waals surface area contributed by atoms with Gasteiger partial charge in [-0.3, -0.25) is 0 Å². The summed E-state index contributed by atoms with van der Waals surface area (Å²) in [6.45, 7) is 0.250. The van der Waals surface area contributed by atoms with E-state index in [4.69, 9.17) is 14.8 Å². The third-order valence-electron chi connectivity index (χ3n) is 2.69. The Kier molecular flexibility index (Phi) is 4.93. The molecule has 0 aliphatic rings. The monoisotopic (exact) mass is 272 g/mol. The van der Waals surface area contributed by atoms with Crippen molar-refractivity contribution in [2.45, 2.75) is 0 Å². The molecule has 0 amide bonds. The zero-order chi connectivity index (χ0) is 14.4. The number of ether oxygens (including phenoxy) is 1. The molecule has 0 aromatic heterocycles. The van der Waals surface area contributed by atoms with Crippen molar-refractivity contribution in [1.29, 1.82) is 0 Å². The summed E-state index contributed by atoms with van der Waals surface area (Å²) in [6.07, 6.45) is 3.69. The first kappa shape index (κ1) is 14.3. The van der Waals surface area contributed by atoms with Gasteiger partial charge in [-0.05, 0) is 29.8 Å². The summed E-state index contributed by atoms with van der Waals surface area (Å²) in [5.41, 5.74) is 1.05. The highest BCUT2D eigenvalue weighted by Gasteiger charge is 2.17. The maximum Gasteiger partial charge on any atom is 0.492 e. The van der Waals surface area contributed by atoms with Crippen LogP contribution in [0.3, 0.4) is 0 Å². The smallest absolute Gasteiger partial charge is 0.490 e. The Morgan fingerprint density at radius 3 is 2.55 bits per heavy atom. The minimum Gasteiger partial charge on any atom is -0.490 e. The van der Waals surface area contributed by atoms with E-state index >= 15 is 0 Å². The minimum atomic E-state index is -1.76. The van der Waals surface area contributed by atoms with Crippen LogP contribution in [0.4, 0.5) is 4.39 Å². The largest absolute Gasteiger partial charge is 0.492 e. The lowest BCUT2D eigenvalue weighted by molar-refractivity contribution is 0.361. The summed E-state index contributed by atoms with van der Waals surface area (Å²) in [4.78, 5) is 0. The summed E-state index contributed by atoms with van der Waals surface area (Å²) in [6, 6.07) is 13.3. The normalized spacial score (nSPS) is 10.8. The Balaban J connectivity index is 1.99. The molecule has 0 bridgehead atoms. The van der Waals surface area contributed by atoms with Crippen molar-refractivity contribution in [2.24, 2.45) is 0 Å². The molecule has 0 aliphatic heterocycles. The van der Waals surface area contributed by atoms with Gasteiger partial charge in [-0.2, -0.15) is 0 Å². The van der Waals surface area contributed by atoms with Crippen LogP contribution in [0.15, 0.2) is 54.6 Å². The average Bonchev–Trinajstić information content (AvgIpc) is 2.45.